The molecule has 1 aliphatic rings. The first-order chi connectivity index (χ1) is 17.5. The first-order valence-corrected chi connectivity index (χ1v) is 13.9. The molecular formula is C23H27ClF3N7O2S. The van der Waals surface area contributed by atoms with Crippen molar-refractivity contribution in [3.05, 3.63) is 53.1 Å². The molecule has 14 heteroatoms. The highest BCUT2D eigenvalue weighted by atomic mass is 35.5. The molecule has 0 amide bonds. The van der Waals surface area contributed by atoms with Gasteiger partial charge in [0.15, 0.2) is 0 Å². The predicted octanol–water partition coefficient (Wildman–Crippen LogP) is 3.95. The highest BCUT2D eigenvalue weighted by Gasteiger charge is 2.36. The van der Waals surface area contributed by atoms with Gasteiger partial charge in [-0.3, -0.25) is 0 Å². The van der Waals surface area contributed by atoms with Crippen LogP contribution in [-0.2, 0) is 22.7 Å². The molecule has 2 aromatic heterocycles. The molecule has 0 unspecified atom stereocenters. The number of hydrogen-bond donors (Lipinski definition) is 2. The monoisotopic (exact) mass is 557 g/mol. The lowest BCUT2D eigenvalue weighted by Crippen LogP contribution is -2.42. The molecule has 1 saturated heterocycles. The Bertz CT molecular complexity index is 1360. The van der Waals surface area contributed by atoms with Gasteiger partial charge in [-0.15, -0.1) is 0 Å². The highest BCUT2D eigenvalue weighted by molar-refractivity contribution is 7.88. The Hall–Kier alpha value is -2.74. The van der Waals surface area contributed by atoms with E-state index in [-0.39, 0.29) is 23.4 Å². The van der Waals surface area contributed by atoms with E-state index in [1.54, 1.807) is 16.7 Å². The van der Waals surface area contributed by atoms with Crippen LogP contribution >= 0.6 is 11.6 Å². The maximum Gasteiger partial charge on any atom is 0.420 e. The number of nitrogens with zero attached hydrogens (tertiary/aromatic N) is 5. The Kier molecular flexibility index (Phi) is 8.07. The van der Waals surface area contributed by atoms with Crippen LogP contribution in [0.25, 0.3) is 17.1 Å². The number of sulfonamides is 1. The number of piperidine rings is 1. The molecule has 0 saturated carbocycles. The highest BCUT2D eigenvalue weighted by Crippen LogP contribution is 2.36. The fourth-order valence-electron chi connectivity index (χ4n) is 4.08. The largest absolute Gasteiger partial charge is 0.420 e. The number of hydrogen-bond acceptors (Lipinski definition) is 7. The quantitative estimate of drug-likeness (QED) is 0.432. The van der Waals surface area contributed by atoms with Gasteiger partial charge in [-0.2, -0.15) is 13.2 Å². The van der Waals surface area contributed by atoms with Crippen molar-refractivity contribution in [2.75, 3.05) is 31.2 Å². The van der Waals surface area contributed by atoms with Crippen molar-refractivity contribution in [1.82, 2.24) is 29.1 Å². The van der Waals surface area contributed by atoms with E-state index in [0.29, 0.717) is 43.2 Å². The fraction of sp³-hybridized carbons (Fsp3) is 0.435. The van der Waals surface area contributed by atoms with Crippen LogP contribution in [0.4, 0.5) is 19.1 Å². The van der Waals surface area contributed by atoms with Crippen molar-refractivity contribution < 1.29 is 21.6 Å². The Balaban J connectivity index is 1.59. The second-order valence-corrected chi connectivity index (χ2v) is 11.2. The molecule has 1 fully saturated rings. The molecular weight excluding hydrogens is 531 g/mol. The van der Waals surface area contributed by atoms with Crippen LogP contribution in [0.2, 0.25) is 5.02 Å². The van der Waals surface area contributed by atoms with E-state index in [1.165, 1.54) is 16.8 Å². The van der Waals surface area contributed by atoms with E-state index >= 15 is 0 Å². The Morgan fingerprint density at radius 1 is 1.19 bits per heavy atom. The third-order valence-electron chi connectivity index (χ3n) is 6.04. The summed E-state index contributed by atoms with van der Waals surface area (Å²) in [6.45, 7) is 4.06. The lowest BCUT2D eigenvalue weighted by molar-refractivity contribution is -0.137. The average Bonchev–Trinajstić information content (AvgIpc) is 3.32. The number of imidazole rings is 1. The topological polar surface area (TPSA) is 105 Å². The van der Waals surface area contributed by atoms with Gasteiger partial charge in [0, 0.05) is 38.1 Å². The van der Waals surface area contributed by atoms with Crippen molar-refractivity contribution in [2.24, 2.45) is 0 Å². The van der Waals surface area contributed by atoms with Crippen molar-refractivity contribution >= 4 is 27.6 Å². The molecule has 3 aromatic rings. The zero-order chi connectivity index (χ0) is 26.8. The Labute approximate surface area is 218 Å². The second kappa shape index (κ2) is 10.9. The van der Waals surface area contributed by atoms with Crippen LogP contribution in [0, 0.1) is 0 Å². The maximum atomic E-state index is 13.8. The summed E-state index contributed by atoms with van der Waals surface area (Å²) in [5.41, 5.74) is 0.181. The van der Waals surface area contributed by atoms with Gasteiger partial charge < -0.3 is 15.2 Å². The van der Waals surface area contributed by atoms with Crippen LogP contribution in [-0.4, -0.2) is 64.2 Å². The minimum atomic E-state index is -4.69. The normalized spacial score (nSPS) is 15.7. The van der Waals surface area contributed by atoms with E-state index in [1.807, 2.05) is 13.0 Å². The minimum absolute atomic E-state index is 0.0115. The molecule has 200 valence electrons. The first-order valence-electron chi connectivity index (χ1n) is 11.7. The fourth-order valence-corrected chi connectivity index (χ4v) is 5.26. The molecule has 0 radical (unpaired) electrons. The molecule has 1 aliphatic heterocycles. The number of alkyl halides is 3. The number of benzene rings is 1. The van der Waals surface area contributed by atoms with Crippen LogP contribution in [0.3, 0.4) is 0 Å². The summed E-state index contributed by atoms with van der Waals surface area (Å²) < 4.78 is 67.7. The van der Waals surface area contributed by atoms with E-state index in [9.17, 15) is 21.6 Å². The number of nitrogens with one attached hydrogen (secondary N) is 2. The molecule has 4 rings (SSSR count). The number of aromatic nitrogens is 4. The van der Waals surface area contributed by atoms with Gasteiger partial charge in [-0.25, -0.2) is 27.7 Å². The predicted molar refractivity (Wildman–Crippen MR) is 135 cm³/mol. The smallest absolute Gasteiger partial charge is 0.351 e. The molecule has 0 bridgehead atoms. The van der Waals surface area contributed by atoms with Gasteiger partial charge in [0.2, 0.25) is 16.0 Å². The zero-order valence-electron chi connectivity index (χ0n) is 20.3. The van der Waals surface area contributed by atoms with Crippen molar-refractivity contribution in [3.8, 4) is 17.1 Å². The number of anilines is 1. The van der Waals surface area contributed by atoms with Gasteiger partial charge in [0.05, 0.1) is 17.0 Å². The standard InChI is InChI=1S/C23H27ClF3N7O2S/c1-3-28-11-15-4-5-20(18(24)10-15)33-13-19(30-14-33)21-17(23(25,26)27)12-29-22(32-21)31-16-6-8-34(9-7-16)37(2,35)36/h4-5,10,12-14,16,28H,3,6-9,11H2,1-2H3,(H,29,31,32). The minimum Gasteiger partial charge on any atom is -0.351 e. The van der Waals surface area contributed by atoms with E-state index in [0.717, 1.165) is 24.6 Å². The first kappa shape index (κ1) is 27.3. The Morgan fingerprint density at radius 3 is 2.54 bits per heavy atom. The molecule has 3 heterocycles. The number of halogens is 4. The molecule has 1 aromatic carbocycles. The maximum absolute atomic E-state index is 13.8. The van der Waals surface area contributed by atoms with Crippen molar-refractivity contribution in [3.63, 3.8) is 0 Å². The molecule has 0 spiro atoms. The zero-order valence-corrected chi connectivity index (χ0v) is 21.8. The SMILES string of the molecule is CCNCc1ccc(-n2cnc(-c3nc(NC4CCN(S(C)(=O)=O)CC4)ncc3C(F)(F)F)c2)c(Cl)c1. The van der Waals surface area contributed by atoms with Gasteiger partial charge in [0.1, 0.15) is 23.3 Å². The summed E-state index contributed by atoms with van der Waals surface area (Å²) in [7, 11) is -3.29. The van der Waals surface area contributed by atoms with Crippen LogP contribution in [0.1, 0.15) is 30.9 Å². The average molecular weight is 558 g/mol. The summed E-state index contributed by atoms with van der Waals surface area (Å²) in [4.78, 5) is 12.2. The lowest BCUT2D eigenvalue weighted by Gasteiger charge is -2.30. The molecule has 9 nitrogen and oxygen atoms in total. The van der Waals surface area contributed by atoms with Gasteiger partial charge in [-0.1, -0.05) is 24.6 Å². The third kappa shape index (κ3) is 6.58. The molecule has 0 aliphatic carbocycles. The van der Waals surface area contributed by atoms with Gasteiger partial charge in [-0.05, 0) is 37.1 Å². The molecule has 0 atom stereocenters. The molecule has 37 heavy (non-hydrogen) atoms. The van der Waals surface area contributed by atoms with Crippen LogP contribution in [0.15, 0.2) is 36.9 Å². The summed E-state index contributed by atoms with van der Waals surface area (Å²) in [5.74, 6) is 0.0150. The summed E-state index contributed by atoms with van der Waals surface area (Å²) in [5, 5.41) is 6.68. The summed E-state index contributed by atoms with van der Waals surface area (Å²) >= 11 is 6.44. The second-order valence-electron chi connectivity index (χ2n) is 8.77. The van der Waals surface area contributed by atoms with Gasteiger partial charge >= 0.3 is 6.18 Å². The van der Waals surface area contributed by atoms with Crippen LogP contribution < -0.4 is 10.6 Å². The lowest BCUT2D eigenvalue weighted by atomic mass is 10.1. The third-order valence-corrected chi connectivity index (χ3v) is 7.65. The van der Waals surface area contributed by atoms with Gasteiger partial charge in [0.25, 0.3) is 0 Å². The van der Waals surface area contributed by atoms with E-state index in [2.05, 4.69) is 25.6 Å². The summed E-state index contributed by atoms with van der Waals surface area (Å²) in [6.07, 6.45) is 0.972. The van der Waals surface area contributed by atoms with Crippen molar-refractivity contribution in [2.45, 2.75) is 38.5 Å². The van der Waals surface area contributed by atoms with E-state index < -0.39 is 21.8 Å². The Morgan fingerprint density at radius 2 is 1.92 bits per heavy atom. The number of rotatable bonds is 8. The van der Waals surface area contributed by atoms with Crippen LogP contribution in [0.5, 0.6) is 0 Å². The van der Waals surface area contributed by atoms with E-state index in [4.69, 9.17) is 11.6 Å². The summed E-state index contributed by atoms with van der Waals surface area (Å²) in [6, 6.07) is 5.27. The van der Waals surface area contributed by atoms with Crippen molar-refractivity contribution in [1.29, 1.82) is 0 Å². The molecule has 2 N–H and O–H groups in total.